The lowest BCUT2D eigenvalue weighted by molar-refractivity contribution is 0.192. The van der Waals surface area contributed by atoms with E-state index in [1.807, 2.05) is 0 Å². The first-order valence-corrected chi connectivity index (χ1v) is 6.82. The maximum atomic E-state index is 4.95. The Morgan fingerprint density at radius 2 is 1.38 bits per heavy atom. The van der Waals surface area contributed by atoms with E-state index in [9.17, 15) is 0 Å². The summed E-state index contributed by atoms with van der Waals surface area (Å²) in [6.07, 6.45) is 9.36. The molecule has 0 bridgehead atoms. The van der Waals surface area contributed by atoms with E-state index in [1.54, 1.807) is 7.11 Å². The molecule has 0 fully saturated rings. The van der Waals surface area contributed by atoms with Crippen molar-refractivity contribution < 1.29 is 4.74 Å². The van der Waals surface area contributed by atoms with E-state index in [-0.39, 0.29) is 0 Å². The predicted molar refractivity (Wildman–Crippen MR) is 74.1 cm³/mol. The second-order valence-electron chi connectivity index (χ2n) is 4.56. The molecule has 16 heavy (non-hydrogen) atoms. The number of nitrogens with zero attached hydrogens (tertiary/aromatic N) is 1. The van der Waals surface area contributed by atoms with Crippen molar-refractivity contribution in [3.8, 4) is 0 Å². The first-order chi connectivity index (χ1) is 7.68. The highest BCUT2D eigenvalue weighted by Crippen LogP contribution is 2.04. The van der Waals surface area contributed by atoms with Crippen LogP contribution in [0.1, 0.15) is 58.8 Å². The largest absolute Gasteiger partial charge is 0.385 e. The van der Waals surface area contributed by atoms with Crippen molar-refractivity contribution in [2.45, 2.75) is 58.8 Å². The Bertz CT molecular complexity index is 96.9. The normalized spacial score (nSPS) is 10.1. The van der Waals surface area contributed by atoms with Crippen LogP contribution in [0.5, 0.6) is 0 Å². The zero-order valence-corrected chi connectivity index (χ0v) is 12.2. The van der Waals surface area contributed by atoms with Crippen LogP contribution >= 0.6 is 0 Å². The quantitative estimate of drug-likeness (QED) is 0.557. The Kier molecular flexibility index (Phi) is 19.8. The summed E-state index contributed by atoms with van der Waals surface area (Å²) in [6, 6.07) is 0. The smallest absolute Gasteiger partial charge is 0.0462 e. The molecule has 0 amide bonds. The fourth-order valence-corrected chi connectivity index (χ4v) is 1.47. The van der Waals surface area contributed by atoms with Crippen LogP contribution in [0.25, 0.3) is 0 Å². The highest BCUT2D eigenvalue weighted by atomic mass is 16.5. The topological polar surface area (TPSA) is 12.5 Å². The molecule has 0 heterocycles. The second-order valence-corrected chi connectivity index (χ2v) is 4.56. The minimum atomic E-state index is 0.937. The number of hydrogen-bond acceptors (Lipinski definition) is 2. The molecule has 2 heteroatoms. The summed E-state index contributed by atoms with van der Waals surface area (Å²) in [6.45, 7) is 6.57. The van der Waals surface area contributed by atoms with Gasteiger partial charge in [-0.1, -0.05) is 46.0 Å². The number of unbranched alkanes of at least 4 members (excludes halogenated alkanes) is 5. The Morgan fingerprint density at radius 3 is 1.75 bits per heavy atom. The van der Waals surface area contributed by atoms with E-state index in [0.29, 0.717) is 0 Å². The van der Waals surface area contributed by atoms with Crippen molar-refractivity contribution in [1.82, 2.24) is 4.90 Å². The summed E-state index contributed by atoms with van der Waals surface area (Å²) in [4.78, 5) is 2.18. The molecular formula is C14H33NO. The lowest BCUT2D eigenvalue weighted by atomic mass is 10.1. The van der Waals surface area contributed by atoms with Gasteiger partial charge in [0.2, 0.25) is 0 Å². The van der Waals surface area contributed by atoms with Crippen LogP contribution in [0.2, 0.25) is 0 Å². The number of rotatable bonds is 9. The zero-order chi connectivity index (χ0) is 12.6. The summed E-state index contributed by atoms with van der Waals surface area (Å²) in [7, 11) is 5.94. The highest BCUT2D eigenvalue weighted by molar-refractivity contribution is 4.42. The van der Waals surface area contributed by atoms with Gasteiger partial charge in [0.05, 0.1) is 0 Å². The molecule has 0 aliphatic carbocycles. The molecule has 0 unspecified atom stereocenters. The Balaban J connectivity index is 0. The molecule has 0 aliphatic heterocycles. The number of ether oxygens (including phenoxy) is 1. The second kappa shape index (κ2) is 17.3. The minimum Gasteiger partial charge on any atom is -0.385 e. The van der Waals surface area contributed by atoms with Gasteiger partial charge in [-0.3, -0.25) is 0 Å². The van der Waals surface area contributed by atoms with Gasteiger partial charge in [0, 0.05) is 13.7 Å². The van der Waals surface area contributed by atoms with Crippen LogP contribution in [0.3, 0.4) is 0 Å². The molecule has 0 aromatic carbocycles. The van der Waals surface area contributed by atoms with Crippen molar-refractivity contribution >= 4 is 0 Å². The van der Waals surface area contributed by atoms with E-state index < -0.39 is 0 Å². The van der Waals surface area contributed by atoms with Crippen LogP contribution in [0.4, 0.5) is 0 Å². The van der Waals surface area contributed by atoms with E-state index in [1.165, 1.54) is 51.5 Å². The molecule has 0 saturated carbocycles. The van der Waals surface area contributed by atoms with Crippen LogP contribution in [-0.2, 0) is 4.74 Å². The molecule has 0 aromatic heterocycles. The standard InChI is InChI=1S/C9H20O.C5H13N/c1-3-4-5-6-7-8-9-10-2;1-4-5-6(2)3/h3-9H2,1-2H3;4-5H2,1-3H3. The van der Waals surface area contributed by atoms with E-state index in [4.69, 9.17) is 4.74 Å². The van der Waals surface area contributed by atoms with Crippen LogP contribution in [0, 0.1) is 0 Å². The van der Waals surface area contributed by atoms with Gasteiger partial charge >= 0.3 is 0 Å². The first kappa shape index (κ1) is 18.3. The summed E-state index contributed by atoms with van der Waals surface area (Å²) >= 11 is 0. The summed E-state index contributed by atoms with van der Waals surface area (Å²) in [5.41, 5.74) is 0. The number of hydrogen-bond donors (Lipinski definition) is 0. The van der Waals surface area contributed by atoms with Crippen LogP contribution in [0.15, 0.2) is 0 Å². The van der Waals surface area contributed by atoms with Crippen molar-refractivity contribution in [2.75, 3.05) is 34.4 Å². The van der Waals surface area contributed by atoms with Crippen LogP contribution in [-0.4, -0.2) is 39.3 Å². The molecule has 100 valence electrons. The lowest BCUT2D eigenvalue weighted by Crippen LogP contribution is -2.11. The Hall–Kier alpha value is -0.0800. The summed E-state index contributed by atoms with van der Waals surface area (Å²) < 4.78 is 4.95. The third-order valence-electron chi connectivity index (χ3n) is 2.37. The van der Waals surface area contributed by atoms with Crippen molar-refractivity contribution in [1.29, 1.82) is 0 Å². The third-order valence-corrected chi connectivity index (χ3v) is 2.37. The Morgan fingerprint density at radius 1 is 0.812 bits per heavy atom. The molecule has 2 nitrogen and oxygen atoms in total. The van der Waals surface area contributed by atoms with E-state index in [0.717, 1.165) is 6.61 Å². The molecule has 0 saturated heterocycles. The monoisotopic (exact) mass is 231 g/mol. The molecule has 0 aliphatic rings. The molecule has 0 spiro atoms. The highest BCUT2D eigenvalue weighted by Gasteiger charge is 1.87. The zero-order valence-electron chi connectivity index (χ0n) is 12.2. The van der Waals surface area contributed by atoms with Gasteiger partial charge in [-0.15, -0.1) is 0 Å². The average molecular weight is 231 g/mol. The van der Waals surface area contributed by atoms with E-state index >= 15 is 0 Å². The molecule has 0 atom stereocenters. The summed E-state index contributed by atoms with van der Waals surface area (Å²) in [5, 5.41) is 0. The SMILES string of the molecule is CCCCCCCCOC.CCCN(C)C. The molecule has 0 aromatic rings. The van der Waals surface area contributed by atoms with Gasteiger partial charge in [-0.25, -0.2) is 0 Å². The fourth-order valence-electron chi connectivity index (χ4n) is 1.47. The maximum Gasteiger partial charge on any atom is 0.0462 e. The van der Waals surface area contributed by atoms with Gasteiger partial charge < -0.3 is 9.64 Å². The maximum absolute atomic E-state index is 4.95. The van der Waals surface area contributed by atoms with Crippen LogP contribution < -0.4 is 0 Å². The fraction of sp³-hybridized carbons (Fsp3) is 1.00. The molecule has 0 radical (unpaired) electrons. The lowest BCUT2D eigenvalue weighted by Gasteiger charge is -2.03. The predicted octanol–water partition coefficient (Wildman–Crippen LogP) is 3.95. The van der Waals surface area contributed by atoms with Crippen molar-refractivity contribution in [2.24, 2.45) is 0 Å². The van der Waals surface area contributed by atoms with Gasteiger partial charge in [0.1, 0.15) is 0 Å². The van der Waals surface area contributed by atoms with Gasteiger partial charge in [-0.05, 0) is 33.5 Å². The first-order valence-electron chi connectivity index (χ1n) is 6.82. The third kappa shape index (κ3) is 23.6. The van der Waals surface area contributed by atoms with E-state index in [2.05, 4.69) is 32.8 Å². The minimum absolute atomic E-state index is 0.937. The van der Waals surface area contributed by atoms with Gasteiger partial charge in [0.15, 0.2) is 0 Å². The van der Waals surface area contributed by atoms with Gasteiger partial charge in [-0.2, -0.15) is 0 Å². The van der Waals surface area contributed by atoms with Crippen molar-refractivity contribution in [3.05, 3.63) is 0 Å². The molecular weight excluding hydrogens is 198 g/mol. The summed E-state index contributed by atoms with van der Waals surface area (Å²) in [5.74, 6) is 0. The number of methoxy groups -OCH3 is 1. The molecule has 0 N–H and O–H groups in total. The average Bonchev–Trinajstić information content (AvgIpc) is 2.24. The molecule has 0 rings (SSSR count). The Labute approximate surface area is 103 Å². The van der Waals surface area contributed by atoms with Gasteiger partial charge in [0.25, 0.3) is 0 Å². The van der Waals surface area contributed by atoms with Crippen molar-refractivity contribution in [3.63, 3.8) is 0 Å².